The van der Waals surface area contributed by atoms with Crippen LogP contribution in [0.4, 0.5) is 0 Å². The average Bonchev–Trinajstić information content (AvgIpc) is 3.09. The lowest BCUT2D eigenvalue weighted by Crippen LogP contribution is -2.60. The second kappa shape index (κ2) is 8.11. The highest BCUT2D eigenvalue weighted by Crippen LogP contribution is 2.61. The van der Waals surface area contributed by atoms with E-state index >= 15 is 0 Å². The van der Waals surface area contributed by atoms with Gasteiger partial charge in [0.2, 0.25) is 6.29 Å². The second-order valence-corrected chi connectivity index (χ2v) is 10.4. The van der Waals surface area contributed by atoms with Crippen LogP contribution < -0.4 is 4.74 Å². The summed E-state index contributed by atoms with van der Waals surface area (Å²) in [7, 11) is 0. The summed E-state index contributed by atoms with van der Waals surface area (Å²) in [6, 6.07) is 3.53. The molecule has 4 aliphatic rings. The molecule has 1 aliphatic heterocycles. The molecule has 1 aromatic carbocycles. The molecule has 8 heteroatoms. The van der Waals surface area contributed by atoms with Crippen LogP contribution in [0.5, 0.6) is 11.5 Å². The fraction of sp³-hybridized carbons (Fsp3) is 0.750. The van der Waals surface area contributed by atoms with Gasteiger partial charge in [0.1, 0.15) is 24.4 Å². The third-order valence-corrected chi connectivity index (χ3v) is 8.85. The Morgan fingerprint density at radius 1 is 1.03 bits per heavy atom. The van der Waals surface area contributed by atoms with Crippen molar-refractivity contribution in [2.45, 2.75) is 88.2 Å². The van der Waals surface area contributed by atoms with E-state index in [4.69, 9.17) is 9.47 Å². The van der Waals surface area contributed by atoms with Gasteiger partial charge in [-0.3, -0.25) is 0 Å². The highest BCUT2D eigenvalue weighted by atomic mass is 16.7. The van der Waals surface area contributed by atoms with Crippen molar-refractivity contribution in [3.05, 3.63) is 23.3 Å². The van der Waals surface area contributed by atoms with E-state index in [9.17, 15) is 30.6 Å². The first-order valence-electron chi connectivity index (χ1n) is 11.8. The maximum absolute atomic E-state index is 10.6. The molecule has 1 saturated heterocycles. The Morgan fingerprint density at radius 3 is 2.56 bits per heavy atom. The van der Waals surface area contributed by atoms with Crippen LogP contribution in [0.2, 0.25) is 0 Å². The lowest BCUT2D eigenvalue weighted by molar-refractivity contribution is -0.277. The summed E-state index contributed by atoms with van der Waals surface area (Å²) in [6.07, 6.45) is -1.48. The fourth-order valence-corrected chi connectivity index (χ4v) is 6.94. The quantitative estimate of drug-likeness (QED) is 0.397. The molecule has 178 valence electrons. The van der Waals surface area contributed by atoms with E-state index < -0.39 is 37.3 Å². The van der Waals surface area contributed by atoms with Gasteiger partial charge in [-0.05, 0) is 85.0 Å². The van der Waals surface area contributed by atoms with Crippen molar-refractivity contribution in [3.63, 3.8) is 0 Å². The highest BCUT2D eigenvalue weighted by molar-refractivity contribution is 5.49. The predicted octanol–water partition coefficient (Wildman–Crippen LogP) is 0.788. The number of phenols is 1. The molecule has 32 heavy (non-hydrogen) atoms. The number of aromatic hydroxyl groups is 1. The number of aliphatic hydroxyl groups excluding tert-OH is 5. The van der Waals surface area contributed by atoms with Crippen molar-refractivity contribution in [1.82, 2.24) is 0 Å². The lowest BCUT2D eigenvalue weighted by Gasteiger charge is -2.50. The Hall–Kier alpha value is -1.42. The number of rotatable bonds is 3. The molecule has 6 N–H and O–H groups in total. The van der Waals surface area contributed by atoms with Crippen LogP contribution in [0, 0.1) is 17.3 Å². The van der Waals surface area contributed by atoms with E-state index in [-0.39, 0.29) is 23.0 Å². The van der Waals surface area contributed by atoms with Gasteiger partial charge >= 0.3 is 0 Å². The molecule has 5 rings (SSSR count). The molecule has 10 atom stereocenters. The van der Waals surface area contributed by atoms with Crippen LogP contribution in [0.25, 0.3) is 0 Å². The summed E-state index contributed by atoms with van der Waals surface area (Å²) in [5, 5.41) is 60.9. The average molecular weight is 451 g/mol. The van der Waals surface area contributed by atoms with Crippen LogP contribution in [-0.4, -0.2) is 74.1 Å². The van der Waals surface area contributed by atoms with Crippen LogP contribution in [0.1, 0.15) is 56.1 Å². The van der Waals surface area contributed by atoms with E-state index in [0.717, 1.165) is 49.7 Å². The van der Waals surface area contributed by atoms with Crippen LogP contribution in [0.15, 0.2) is 12.1 Å². The number of benzene rings is 1. The van der Waals surface area contributed by atoms with Crippen LogP contribution in [-0.2, 0) is 11.2 Å². The standard InChI is InChI=1S/C24H34O8/c1-24-7-6-12-13(15(24)4-5-19(24)27)3-2-11-8-16(26)17(9-14(11)12)31-23-22(30)21(29)20(28)18(10-25)32-23/h8-9,12-13,15,18-23,25-30H,2-7,10H2,1H3/t12-,13+,15-,18+,19-,20+,21-,22+,23?,24-/m0/s1. The Bertz CT molecular complexity index is 859. The first-order chi connectivity index (χ1) is 15.2. The molecular formula is C24H34O8. The first kappa shape index (κ1) is 22.4. The highest BCUT2D eigenvalue weighted by Gasteiger charge is 2.54. The Morgan fingerprint density at radius 2 is 1.81 bits per heavy atom. The number of fused-ring (bicyclic) bond motifs is 5. The maximum Gasteiger partial charge on any atom is 0.229 e. The van der Waals surface area contributed by atoms with E-state index in [1.807, 2.05) is 6.07 Å². The topological polar surface area (TPSA) is 140 Å². The van der Waals surface area contributed by atoms with E-state index in [2.05, 4.69) is 6.92 Å². The number of phenolic OH excluding ortho intramolecular Hbond substituents is 1. The van der Waals surface area contributed by atoms with Gasteiger partial charge in [-0.1, -0.05) is 6.92 Å². The van der Waals surface area contributed by atoms with Crippen molar-refractivity contribution in [2.75, 3.05) is 6.61 Å². The van der Waals surface area contributed by atoms with Crippen LogP contribution >= 0.6 is 0 Å². The number of aliphatic hydroxyl groups is 5. The zero-order valence-electron chi connectivity index (χ0n) is 18.3. The number of hydrogen-bond donors (Lipinski definition) is 6. The number of ether oxygens (including phenoxy) is 2. The van der Waals surface area contributed by atoms with Crippen LogP contribution in [0.3, 0.4) is 0 Å². The van der Waals surface area contributed by atoms with Crippen molar-refractivity contribution in [2.24, 2.45) is 17.3 Å². The van der Waals surface area contributed by atoms with E-state index in [1.165, 1.54) is 0 Å². The Balaban J connectivity index is 1.41. The van der Waals surface area contributed by atoms with Crippen molar-refractivity contribution < 1.29 is 40.1 Å². The minimum atomic E-state index is -1.54. The van der Waals surface area contributed by atoms with E-state index in [0.29, 0.717) is 17.8 Å². The molecule has 1 aromatic rings. The van der Waals surface area contributed by atoms with Crippen molar-refractivity contribution in [3.8, 4) is 11.5 Å². The molecule has 0 spiro atoms. The first-order valence-corrected chi connectivity index (χ1v) is 11.8. The Kier molecular flexibility index (Phi) is 5.67. The number of hydrogen-bond acceptors (Lipinski definition) is 8. The summed E-state index contributed by atoms with van der Waals surface area (Å²) in [5.41, 5.74) is 2.19. The smallest absolute Gasteiger partial charge is 0.229 e. The molecule has 0 amide bonds. The summed E-state index contributed by atoms with van der Waals surface area (Å²) in [6.45, 7) is 1.68. The molecule has 2 saturated carbocycles. The third-order valence-electron chi connectivity index (χ3n) is 8.85. The summed E-state index contributed by atoms with van der Waals surface area (Å²) in [4.78, 5) is 0. The molecule has 0 aromatic heterocycles. The third kappa shape index (κ3) is 3.35. The minimum absolute atomic E-state index is 0.0226. The van der Waals surface area contributed by atoms with Gasteiger partial charge in [-0.25, -0.2) is 0 Å². The van der Waals surface area contributed by atoms with Gasteiger partial charge in [0.25, 0.3) is 0 Å². The largest absolute Gasteiger partial charge is 0.504 e. The predicted molar refractivity (Wildman–Crippen MR) is 113 cm³/mol. The Labute approximate surface area is 187 Å². The van der Waals surface area contributed by atoms with Gasteiger partial charge in [0, 0.05) is 0 Å². The van der Waals surface area contributed by atoms with Gasteiger partial charge in [0.05, 0.1) is 12.7 Å². The fourth-order valence-electron chi connectivity index (χ4n) is 6.94. The summed E-state index contributed by atoms with van der Waals surface area (Å²) < 4.78 is 11.2. The van der Waals surface area contributed by atoms with Gasteiger partial charge < -0.3 is 40.1 Å². The lowest BCUT2D eigenvalue weighted by atomic mass is 9.55. The van der Waals surface area contributed by atoms with Crippen molar-refractivity contribution in [1.29, 1.82) is 0 Å². The molecule has 8 nitrogen and oxygen atoms in total. The molecule has 1 unspecified atom stereocenters. The molecule has 0 bridgehead atoms. The maximum atomic E-state index is 10.6. The molecule has 1 heterocycles. The summed E-state index contributed by atoms with van der Waals surface area (Å²) >= 11 is 0. The van der Waals surface area contributed by atoms with Gasteiger partial charge in [-0.2, -0.15) is 0 Å². The van der Waals surface area contributed by atoms with Crippen molar-refractivity contribution >= 4 is 0 Å². The van der Waals surface area contributed by atoms with E-state index in [1.54, 1.807) is 6.07 Å². The zero-order chi connectivity index (χ0) is 22.8. The second-order valence-electron chi connectivity index (χ2n) is 10.4. The SMILES string of the molecule is C[C@]12CC[C@@H]3c4cc(OC5O[C@H](CO)[C@@H](O)[C@H](O)[C@H]5O)c(O)cc4CC[C@H]3[C@@H]1CC[C@@H]2O. The zero-order valence-corrected chi connectivity index (χ0v) is 18.3. The summed E-state index contributed by atoms with van der Waals surface area (Å²) in [5.74, 6) is 1.35. The molecule has 3 aliphatic carbocycles. The molecular weight excluding hydrogens is 416 g/mol. The normalized spacial score (nSPS) is 45.6. The minimum Gasteiger partial charge on any atom is -0.504 e. The molecule has 3 fully saturated rings. The molecule has 0 radical (unpaired) electrons. The van der Waals surface area contributed by atoms with Gasteiger partial charge in [0.15, 0.2) is 11.5 Å². The monoisotopic (exact) mass is 450 g/mol. The number of aryl methyl sites for hydroxylation is 1. The van der Waals surface area contributed by atoms with Gasteiger partial charge in [-0.15, -0.1) is 0 Å².